The summed E-state index contributed by atoms with van der Waals surface area (Å²) in [7, 11) is 0. The number of carbonyl (C=O) groups is 1. The molecule has 126 valence electrons. The van der Waals surface area contributed by atoms with E-state index in [2.05, 4.69) is 19.8 Å². The van der Waals surface area contributed by atoms with Crippen molar-refractivity contribution in [2.75, 3.05) is 0 Å². The Morgan fingerprint density at radius 1 is 1.33 bits per heavy atom. The Bertz CT molecular complexity index is 689. The first kappa shape index (κ1) is 15.7. The van der Waals surface area contributed by atoms with Crippen LogP contribution in [0.3, 0.4) is 0 Å². The highest BCUT2D eigenvalue weighted by Gasteiger charge is 2.72. The Balaban J connectivity index is 1.57. The Morgan fingerprint density at radius 2 is 2.08 bits per heavy atom. The molecule has 4 nitrogen and oxygen atoms in total. The molecule has 2 unspecified atom stereocenters. The van der Waals surface area contributed by atoms with Crippen LogP contribution in [0.2, 0.25) is 0 Å². The van der Waals surface area contributed by atoms with Gasteiger partial charge in [-0.05, 0) is 11.0 Å². The lowest BCUT2D eigenvalue weighted by Gasteiger charge is -2.47. The second kappa shape index (κ2) is 5.34. The van der Waals surface area contributed by atoms with Crippen LogP contribution in [0.25, 0.3) is 0 Å². The molecule has 3 fully saturated rings. The Kier molecular flexibility index (Phi) is 3.49. The van der Waals surface area contributed by atoms with Crippen molar-refractivity contribution in [3.63, 3.8) is 0 Å². The first-order valence-corrected chi connectivity index (χ1v) is 8.46. The minimum Gasteiger partial charge on any atom is -0.446 e. The summed E-state index contributed by atoms with van der Waals surface area (Å²) in [5.74, 6) is 2.49. The summed E-state index contributed by atoms with van der Waals surface area (Å²) in [6.07, 6.45) is 5.96. The second-order valence-electron chi connectivity index (χ2n) is 7.65. The molecule has 3 saturated heterocycles. The van der Waals surface area contributed by atoms with E-state index in [-0.39, 0.29) is 29.5 Å². The Labute approximate surface area is 142 Å². The summed E-state index contributed by atoms with van der Waals surface area (Å²) >= 11 is 0. The van der Waals surface area contributed by atoms with Crippen LogP contribution in [0.4, 0.5) is 0 Å². The molecule has 0 amide bonds. The van der Waals surface area contributed by atoms with Gasteiger partial charge in [0.25, 0.3) is 0 Å². The van der Waals surface area contributed by atoms with Gasteiger partial charge in [-0.25, -0.2) is 0 Å². The number of ether oxygens (including phenoxy) is 3. The van der Waals surface area contributed by atoms with E-state index in [1.165, 1.54) is 0 Å². The zero-order valence-corrected chi connectivity index (χ0v) is 14.0. The maximum absolute atomic E-state index is 11.9. The summed E-state index contributed by atoms with van der Waals surface area (Å²) in [6, 6.07) is 10.1. The smallest absolute Gasteiger partial charge is 0.307 e. The monoisotopic (exact) mass is 326 g/mol. The highest BCUT2D eigenvalue weighted by molar-refractivity contribution is 5.72. The number of terminal acetylenes is 1. The molecule has 1 spiro atoms. The van der Waals surface area contributed by atoms with Crippen LogP contribution in [0.1, 0.15) is 32.3 Å². The molecule has 4 heteroatoms. The summed E-state index contributed by atoms with van der Waals surface area (Å²) in [5, 5.41) is 0. The molecule has 1 aromatic rings. The van der Waals surface area contributed by atoms with Crippen molar-refractivity contribution < 1.29 is 19.0 Å². The van der Waals surface area contributed by atoms with Gasteiger partial charge in [0.05, 0.1) is 25.2 Å². The SMILES string of the molecule is C#C[C@@H]1OC(=O)CC2C(C)(C)C3O[C@]21C[C@@H]3OCc1ccccc1. The molecule has 0 aromatic heterocycles. The summed E-state index contributed by atoms with van der Waals surface area (Å²) < 4.78 is 18.0. The largest absolute Gasteiger partial charge is 0.446 e. The predicted octanol–water partition coefficient (Wildman–Crippen LogP) is 2.70. The average molecular weight is 326 g/mol. The number of hydrogen-bond donors (Lipinski definition) is 0. The summed E-state index contributed by atoms with van der Waals surface area (Å²) in [5.41, 5.74) is 0.363. The Hall–Kier alpha value is -1.83. The van der Waals surface area contributed by atoms with Crippen LogP contribution in [0.5, 0.6) is 0 Å². The van der Waals surface area contributed by atoms with Crippen LogP contribution in [-0.4, -0.2) is 29.9 Å². The van der Waals surface area contributed by atoms with Gasteiger partial charge in [-0.1, -0.05) is 50.1 Å². The quantitative estimate of drug-likeness (QED) is 0.633. The van der Waals surface area contributed by atoms with Gasteiger partial charge < -0.3 is 14.2 Å². The first-order valence-electron chi connectivity index (χ1n) is 8.46. The van der Waals surface area contributed by atoms with Crippen molar-refractivity contribution in [1.29, 1.82) is 0 Å². The van der Waals surface area contributed by atoms with Gasteiger partial charge >= 0.3 is 5.97 Å². The van der Waals surface area contributed by atoms with Gasteiger partial charge in [0, 0.05) is 12.3 Å². The van der Waals surface area contributed by atoms with Gasteiger partial charge in [-0.15, -0.1) is 6.42 Å². The van der Waals surface area contributed by atoms with Gasteiger partial charge in [-0.3, -0.25) is 4.79 Å². The number of benzene rings is 1. The molecular formula is C20H22O4. The third-order valence-electron chi connectivity index (χ3n) is 5.95. The van der Waals surface area contributed by atoms with Crippen LogP contribution in [-0.2, 0) is 25.6 Å². The standard InChI is InChI=1S/C20H22O4/c1-4-16-20-11-14(22-12-13-8-6-5-7-9-13)18(24-20)19(2,3)15(20)10-17(21)23-16/h1,5-9,14-16,18H,10-12H2,2-3H3/t14-,15?,16-,18?,20+/m0/s1. The van der Waals surface area contributed by atoms with E-state index in [1.54, 1.807) is 0 Å². The molecule has 2 bridgehead atoms. The van der Waals surface area contributed by atoms with Gasteiger partial charge in [0.15, 0.2) is 6.10 Å². The maximum Gasteiger partial charge on any atom is 0.307 e. The van der Waals surface area contributed by atoms with E-state index in [0.29, 0.717) is 19.4 Å². The van der Waals surface area contributed by atoms with Crippen molar-refractivity contribution >= 4 is 5.97 Å². The number of fused-ring (bicyclic) bond motifs is 1. The fourth-order valence-corrected chi connectivity index (χ4v) is 4.80. The van der Waals surface area contributed by atoms with E-state index in [1.807, 2.05) is 30.3 Å². The molecule has 5 atom stereocenters. The van der Waals surface area contributed by atoms with Crippen molar-refractivity contribution in [2.24, 2.45) is 11.3 Å². The lowest BCUT2D eigenvalue weighted by Crippen LogP contribution is -2.58. The van der Waals surface area contributed by atoms with Crippen LogP contribution >= 0.6 is 0 Å². The molecular weight excluding hydrogens is 304 g/mol. The normalized spacial score (nSPS) is 39.1. The molecule has 0 N–H and O–H groups in total. The van der Waals surface area contributed by atoms with E-state index in [4.69, 9.17) is 20.6 Å². The molecule has 3 aliphatic rings. The molecule has 3 aliphatic heterocycles. The lowest BCUT2D eigenvalue weighted by atomic mass is 9.59. The van der Waals surface area contributed by atoms with Crippen molar-refractivity contribution in [3.8, 4) is 12.3 Å². The zero-order valence-electron chi connectivity index (χ0n) is 14.0. The predicted molar refractivity (Wildman–Crippen MR) is 87.8 cm³/mol. The highest BCUT2D eigenvalue weighted by atomic mass is 16.6. The summed E-state index contributed by atoms with van der Waals surface area (Å²) in [4.78, 5) is 11.9. The highest BCUT2D eigenvalue weighted by Crippen LogP contribution is 2.62. The third-order valence-corrected chi connectivity index (χ3v) is 5.95. The van der Waals surface area contributed by atoms with E-state index >= 15 is 0 Å². The minimum absolute atomic E-state index is 0.0379. The number of carbonyl (C=O) groups excluding carboxylic acids is 1. The van der Waals surface area contributed by atoms with Gasteiger partial charge in [-0.2, -0.15) is 0 Å². The third kappa shape index (κ3) is 2.12. The molecule has 1 aromatic carbocycles. The topological polar surface area (TPSA) is 44.8 Å². The lowest BCUT2D eigenvalue weighted by molar-refractivity contribution is -0.179. The summed E-state index contributed by atoms with van der Waals surface area (Å²) in [6.45, 7) is 4.84. The number of esters is 1. The number of hydrogen-bond acceptors (Lipinski definition) is 4. The van der Waals surface area contributed by atoms with E-state index in [0.717, 1.165) is 5.56 Å². The minimum atomic E-state index is -0.627. The molecule has 3 heterocycles. The molecule has 0 aliphatic carbocycles. The van der Waals surface area contributed by atoms with Crippen molar-refractivity contribution in [3.05, 3.63) is 35.9 Å². The fourth-order valence-electron chi connectivity index (χ4n) is 4.80. The zero-order chi connectivity index (χ0) is 16.9. The maximum atomic E-state index is 11.9. The van der Waals surface area contributed by atoms with Crippen molar-refractivity contribution in [1.82, 2.24) is 0 Å². The first-order chi connectivity index (χ1) is 11.5. The number of cyclic esters (lactones) is 1. The number of rotatable bonds is 3. The fraction of sp³-hybridized carbons (Fsp3) is 0.550. The van der Waals surface area contributed by atoms with Gasteiger partial charge in [0.2, 0.25) is 0 Å². The molecule has 0 saturated carbocycles. The van der Waals surface area contributed by atoms with Crippen LogP contribution in [0.15, 0.2) is 30.3 Å². The van der Waals surface area contributed by atoms with Gasteiger partial charge in [0.1, 0.15) is 5.60 Å². The van der Waals surface area contributed by atoms with E-state index < -0.39 is 11.7 Å². The van der Waals surface area contributed by atoms with Crippen LogP contribution in [0, 0.1) is 23.7 Å². The molecule has 4 rings (SSSR count). The molecule has 24 heavy (non-hydrogen) atoms. The van der Waals surface area contributed by atoms with Crippen molar-refractivity contribution in [2.45, 2.75) is 57.2 Å². The van der Waals surface area contributed by atoms with E-state index in [9.17, 15) is 4.79 Å². The van der Waals surface area contributed by atoms with Crippen LogP contribution < -0.4 is 0 Å². The average Bonchev–Trinajstić information content (AvgIpc) is 3.05. The second-order valence-corrected chi connectivity index (χ2v) is 7.65. The molecule has 0 radical (unpaired) electrons. The Morgan fingerprint density at radius 3 is 2.79 bits per heavy atom.